The molecule has 0 N–H and O–H groups in total. The summed E-state index contributed by atoms with van der Waals surface area (Å²) in [5.74, 6) is 0.706. The molecule has 2 aromatic rings. The van der Waals surface area contributed by atoms with Crippen LogP contribution >= 0.6 is 0 Å². The summed E-state index contributed by atoms with van der Waals surface area (Å²) in [6, 6.07) is 10.9. The Morgan fingerprint density at radius 1 is 1.32 bits per heavy atom. The van der Waals surface area contributed by atoms with E-state index in [1.165, 1.54) is 12.1 Å². The second kappa shape index (κ2) is 8.54. The number of benzene rings is 1. The van der Waals surface area contributed by atoms with Gasteiger partial charge in [-0.05, 0) is 19.1 Å². The van der Waals surface area contributed by atoms with E-state index in [1.54, 1.807) is 12.1 Å². The zero-order valence-corrected chi connectivity index (χ0v) is 15.3. The summed E-state index contributed by atoms with van der Waals surface area (Å²) in [6.45, 7) is 3.63. The maximum atomic E-state index is 12.7. The third-order valence-corrected chi connectivity index (χ3v) is 3.07. The van der Waals surface area contributed by atoms with Crippen LogP contribution in [-0.4, -0.2) is 17.6 Å². The van der Waals surface area contributed by atoms with Crippen LogP contribution in [0.25, 0.3) is 11.3 Å². The number of aromatic nitrogens is 1. The minimum absolute atomic E-state index is 0. The molecule has 0 amide bonds. The second-order valence-electron chi connectivity index (χ2n) is 4.58. The van der Waals surface area contributed by atoms with Crippen molar-refractivity contribution in [2.24, 2.45) is 0 Å². The van der Waals surface area contributed by atoms with E-state index >= 15 is 0 Å². The van der Waals surface area contributed by atoms with Gasteiger partial charge in [0.15, 0.2) is 5.56 Å². The van der Waals surface area contributed by atoms with Gasteiger partial charge in [0.1, 0.15) is 5.75 Å². The van der Waals surface area contributed by atoms with Gasteiger partial charge in [-0.2, -0.15) is 12.1 Å². The zero-order chi connectivity index (χ0) is 15.4. The Morgan fingerprint density at radius 2 is 2.05 bits per heavy atom. The maximum absolute atomic E-state index is 12.7. The topological polar surface area (TPSA) is 31.2 Å². The van der Waals surface area contributed by atoms with Crippen LogP contribution in [0.1, 0.15) is 12.5 Å². The van der Waals surface area contributed by atoms with E-state index in [4.69, 9.17) is 4.74 Å². The van der Waals surface area contributed by atoms with Crippen LogP contribution in [0.15, 0.2) is 35.1 Å². The molecule has 0 saturated heterocycles. The van der Waals surface area contributed by atoms with E-state index < -0.39 is 18.5 Å². The normalized spacial score (nSPS) is 10.4. The first-order chi connectivity index (χ1) is 10.0. The van der Waals surface area contributed by atoms with Crippen LogP contribution in [-0.2, 0) is 39.3 Å². The summed E-state index contributed by atoms with van der Waals surface area (Å²) in [6.07, 6.45) is -2.60. The summed E-state index contributed by atoms with van der Waals surface area (Å²) in [7, 11) is 0. The van der Waals surface area contributed by atoms with Crippen LogP contribution in [0.5, 0.6) is 5.75 Å². The van der Waals surface area contributed by atoms with Gasteiger partial charge in [-0.15, -0.1) is 6.07 Å². The van der Waals surface area contributed by atoms with Crippen molar-refractivity contribution >= 4 is 0 Å². The largest absolute Gasteiger partial charge is 0.494 e. The molecule has 0 unspecified atom stereocenters. The number of hydrogen-bond acceptors (Lipinski definition) is 2. The molecule has 1 heterocycles. The van der Waals surface area contributed by atoms with Crippen LogP contribution in [0, 0.1) is 13.0 Å². The van der Waals surface area contributed by atoms with Crippen molar-refractivity contribution in [3.63, 3.8) is 0 Å². The van der Waals surface area contributed by atoms with Crippen molar-refractivity contribution < 1.29 is 46.2 Å². The molecular weight excluding hydrogens is 365 g/mol. The first-order valence-electron chi connectivity index (χ1n) is 6.66. The van der Waals surface area contributed by atoms with Gasteiger partial charge >= 0.3 is 0 Å². The number of pyridine rings is 1. The SMILES string of the molecule is CCOc1ccc(-c2[c-]ccc(=O)n2CC(F)F)c(C)c1.[Y]. The predicted molar refractivity (Wildman–Crippen MR) is 76.9 cm³/mol. The van der Waals surface area contributed by atoms with Gasteiger partial charge in [-0.25, -0.2) is 8.78 Å². The van der Waals surface area contributed by atoms with Crippen LogP contribution < -0.4 is 10.3 Å². The first-order valence-corrected chi connectivity index (χ1v) is 6.66. The fraction of sp³-hybridized carbons (Fsp3) is 0.312. The molecule has 115 valence electrons. The molecule has 0 aliphatic heterocycles. The van der Waals surface area contributed by atoms with Crippen LogP contribution in [0.4, 0.5) is 8.78 Å². The van der Waals surface area contributed by atoms with Gasteiger partial charge < -0.3 is 9.30 Å². The number of halogens is 2. The predicted octanol–water partition coefficient (Wildman–Crippen LogP) is 3.29. The Kier molecular flexibility index (Phi) is 7.36. The van der Waals surface area contributed by atoms with Gasteiger partial charge in [0, 0.05) is 32.7 Å². The number of alkyl halides is 2. The van der Waals surface area contributed by atoms with E-state index in [0.717, 1.165) is 10.1 Å². The number of aryl methyl sites for hydroxylation is 1. The monoisotopic (exact) mass is 381 g/mol. The standard InChI is InChI=1S/C16H16F2NO2.Y/c1-3-21-12-7-8-13(11(2)9-12)14-5-4-6-16(20)19(14)10-15(17)18;/h4,6-9,15H,3,10H2,1-2H3;/q-1;. The maximum Gasteiger partial charge on any atom is 0.256 e. The smallest absolute Gasteiger partial charge is 0.256 e. The Balaban J connectivity index is 0.00000242. The quantitative estimate of drug-likeness (QED) is 0.745. The zero-order valence-electron chi connectivity index (χ0n) is 12.5. The minimum atomic E-state index is -2.60. The van der Waals surface area contributed by atoms with Gasteiger partial charge in [-0.1, -0.05) is 29.8 Å². The van der Waals surface area contributed by atoms with Gasteiger partial charge in [0.2, 0.25) is 0 Å². The molecule has 1 aromatic heterocycles. The first kappa shape index (κ1) is 19.0. The molecular formula is C16H16F2NO2Y-. The molecule has 6 heteroatoms. The Labute approximate surface area is 153 Å². The Bertz CT molecular complexity index is 686. The minimum Gasteiger partial charge on any atom is -0.494 e. The molecule has 1 radical (unpaired) electrons. The third kappa shape index (κ3) is 4.46. The average Bonchev–Trinajstić information content (AvgIpc) is 2.42. The van der Waals surface area contributed by atoms with Crippen molar-refractivity contribution in [3.05, 3.63) is 52.3 Å². The van der Waals surface area contributed by atoms with Crippen molar-refractivity contribution in [3.8, 4) is 17.0 Å². The van der Waals surface area contributed by atoms with Crippen molar-refractivity contribution in [2.75, 3.05) is 6.61 Å². The molecule has 0 bridgehead atoms. The van der Waals surface area contributed by atoms with Crippen molar-refractivity contribution in [1.29, 1.82) is 0 Å². The molecule has 0 fully saturated rings. The molecule has 3 nitrogen and oxygen atoms in total. The molecule has 0 atom stereocenters. The molecule has 2 rings (SSSR count). The van der Waals surface area contributed by atoms with E-state index in [-0.39, 0.29) is 32.7 Å². The third-order valence-electron chi connectivity index (χ3n) is 3.07. The summed E-state index contributed by atoms with van der Waals surface area (Å²) in [5, 5.41) is 0. The van der Waals surface area contributed by atoms with Gasteiger partial charge in [-0.3, -0.25) is 4.79 Å². The average molecular weight is 381 g/mol. The van der Waals surface area contributed by atoms with Gasteiger partial charge in [0.25, 0.3) is 6.43 Å². The molecule has 0 aliphatic rings. The van der Waals surface area contributed by atoms with Crippen LogP contribution in [0.2, 0.25) is 0 Å². The van der Waals surface area contributed by atoms with Crippen LogP contribution in [0.3, 0.4) is 0 Å². The number of nitrogens with zero attached hydrogens (tertiary/aromatic N) is 1. The molecule has 0 aliphatic carbocycles. The summed E-state index contributed by atoms with van der Waals surface area (Å²) < 4.78 is 31.8. The van der Waals surface area contributed by atoms with Gasteiger partial charge in [0.05, 0.1) is 13.2 Å². The fourth-order valence-electron chi connectivity index (χ4n) is 2.17. The molecule has 1 aromatic carbocycles. The summed E-state index contributed by atoms with van der Waals surface area (Å²) >= 11 is 0. The Hall–Kier alpha value is -1.07. The summed E-state index contributed by atoms with van der Waals surface area (Å²) in [5.41, 5.74) is 1.43. The number of ether oxygens (including phenoxy) is 1. The molecule has 0 spiro atoms. The van der Waals surface area contributed by atoms with E-state index in [0.29, 0.717) is 23.6 Å². The van der Waals surface area contributed by atoms with Crippen molar-refractivity contribution in [2.45, 2.75) is 26.8 Å². The fourth-order valence-corrected chi connectivity index (χ4v) is 2.17. The van der Waals surface area contributed by atoms with Crippen molar-refractivity contribution in [1.82, 2.24) is 4.57 Å². The van der Waals surface area contributed by atoms with E-state index in [1.807, 2.05) is 19.9 Å². The Morgan fingerprint density at radius 3 is 2.64 bits per heavy atom. The number of rotatable bonds is 5. The molecule has 0 saturated carbocycles. The molecule has 22 heavy (non-hydrogen) atoms. The summed E-state index contributed by atoms with van der Waals surface area (Å²) in [4.78, 5) is 11.8. The second-order valence-corrected chi connectivity index (χ2v) is 4.58. The number of hydrogen-bond donors (Lipinski definition) is 0. The van der Waals surface area contributed by atoms with E-state index in [9.17, 15) is 13.6 Å². The van der Waals surface area contributed by atoms with E-state index in [2.05, 4.69) is 6.07 Å².